The third-order valence-electron chi connectivity index (χ3n) is 5.02. The van der Waals surface area contributed by atoms with E-state index >= 15 is 0 Å². The van der Waals surface area contributed by atoms with Crippen LogP contribution in [0, 0.1) is 11.8 Å². The molecule has 1 amide bonds. The van der Waals surface area contributed by atoms with Gasteiger partial charge in [0.1, 0.15) is 5.82 Å². The molecule has 0 radical (unpaired) electrons. The van der Waals surface area contributed by atoms with E-state index in [1.807, 2.05) is 6.20 Å². The van der Waals surface area contributed by atoms with Crippen molar-refractivity contribution in [3.05, 3.63) is 18.6 Å². The van der Waals surface area contributed by atoms with E-state index in [1.165, 1.54) is 25.7 Å². The summed E-state index contributed by atoms with van der Waals surface area (Å²) in [5.74, 6) is 2.45. The predicted molar refractivity (Wildman–Crippen MR) is 86.6 cm³/mol. The number of aromatic nitrogens is 2. The van der Waals surface area contributed by atoms with Crippen molar-refractivity contribution in [3.63, 3.8) is 0 Å². The van der Waals surface area contributed by atoms with Gasteiger partial charge in [-0.1, -0.05) is 12.8 Å². The van der Waals surface area contributed by atoms with Gasteiger partial charge in [0.2, 0.25) is 5.91 Å². The Morgan fingerprint density at radius 3 is 2.59 bits per heavy atom. The number of rotatable bonds is 5. The van der Waals surface area contributed by atoms with Gasteiger partial charge < -0.3 is 10.2 Å². The van der Waals surface area contributed by atoms with Crippen LogP contribution >= 0.6 is 0 Å². The van der Waals surface area contributed by atoms with E-state index in [0.29, 0.717) is 11.8 Å². The number of anilines is 1. The molecule has 0 aromatic carbocycles. The zero-order chi connectivity index (χ0) is 15.2. The van der Waals surface area contributed by atoms with E-state index in [4.69, 9.17) is 0 Å². The van der Waals surface area contributed by atoms with Crippen LogP contribution in [0.25, 0.3) is 0 Å². The zero-order valence-corrected chi connectivity index (χ0v) is 13.2. The van der Waals surface area contributed by atoms with Crippen molar-refractivity contribution >= 4 is 11.7 Å². The van der Waals surface area contributed by atoms with Crippen molar-refractivity contribution in [2.24, 2.45) is 11.8 Å². The van der Waals surface area contributed by atoms with Gasteiger partial charge in [0.05, 0.1) is 6.20 Å². The van der Waals surface area contributed by atoms with Crippen molar-refractivity contribution in [1.82, 2.24) is 15.3 Å². The monoisotopic (exact) mass is 302 g/mol. The minimum Gasteiger partial charge on any atom is -0.356 e. The highest BCUT2D eigenvalue weighted by atomic mass is 16.1. The maximum Gasteiger partial charge on any atom is 0.220 e. The molecule has 0 unspecified atom stereocenters. The molecule has 5 heteroatoms. The molecule has 0 atom stereocenters. The van der Waals surface area contributed by atoms with Crippen LogP contribution in [0.5, 0.6) is 0 Å². The molecule has 1 saturated heterocycles. The lowest BCUT2D eigenvalue weighted by molar-refractivity contribution is -0.122. The number of carbonyl (C=O) groups is 1. The van der Waals surface area contributed by atoms with Gasteiger partial charge in [-0.05, 0) is 37.5 Å². The van der Waals surface area contributed by atoms with E-state index in [-0.39, 0.29) is 5.91 Å². The molecule has 0 spiro atoms. The van der Waals surface area contributed by atoms with Crippen LogP contribution in [0.4, 0.5) is 5.82 Å². The number of hydrogen-bond acceptors (Lipinski definition) is 4. The first-order chi connectivity index (χ1) is 10.8. The van der Waals surface area contributed by atoms with Crippen molar-refractivity contribution in [1.29, 1.82) is 0 Å². The Morgan fingerprint density at radius 2 is 1.91 bits per heavy atom. The largest absolute Gasteiger partial charge is 0.356 e. The fourth-order valence-electron chi connectivity index (χ4n) is 3.63. The lowest BCUT2D eigenvalue weighted by Crippen LogP contribution is -2.39. The van der Waals surface area contributed by atoms with Gasteiger partial charge in [0.25, 0.3) is 0 Å². The fraction of sp³-hybridized carbons (Fsp3) is 0.706. The average molecular weight is 302 g/mol. The molecule has 1 aromatic rings. The second-order valence-corrected chi connectivity index (χ2v) is 6.65. The Bertz CT molecular complexity index is 465. The smallest absolute Gasteiger partial charge is 0.220 e. The van der Waals surface area contributed by atoms with Crippen LogP contribution in [0.3, 0.4) is 0 Å². The summed E-state index contributed by atoms with van der Waals surface area (Å²) in [7, 11) is 0. The minimum absolute atomic E-state index is 0.253. The molecule has 1 saturated carbocycles. The van der Waals surface area contributed by atoms with Gasteiger partial charge in [-0.3, -0.25) is 9.78 Å². The van der Waals surface area contributed by atoms with Crippen molar-refractivity contribution in [3.8, 4) is 0 Å². The van der Waals surface area contributed by atoms with E-state index in [2.05, 4.69) is 20.2 Å². The molecular weight excluding hydrogens is 276 g/mol. The van der Waals surface area contributed by atoms with Crippen LogP contribution < -0.4 is 10.2 Å². The third kappa shape index (κ3) is 4.18. The number of nitrogens with zero attached hydrogens (tertiary/aromatic N) is 3. The quantitative estimate of drug-likeness (QED) is 0.907. The second-order valence-electron chi connectivity index (χ2n) is 6.65. The van der Waals surface area contributed by atoms with Gasteiger partial charge in [-0.15, -0.1) is 0 Å². The Balaban J connectivity index is 1.36. The number of carbonyl (C=O) groups excluding carboxylic acids is 1. The van der Waals surface area contributed by atoms with E-state index in [1.54, 1.807) is 12.4 Å². The summed E-state index contributed by atoms with van der Waals surface area (Å²) in [5.41, 5.74) is 0. The maximum absolute atomic E-state index is 12.0. The third-order valence-corrected chi connectivity index (χ3v) is 5.02. The number of hydrogen-bond donors (Lipinski definition) is 1. The molecule has 2 aliphatic rings. The summed E-state index contributed by atoms with van der Waals surface area (Å²) >= 11 is 0. The van der Waals surface area contributed by atoms with Gasteiger partial charge in [0, 0.05) is 38.4 Å². The molecule has 1 aromatic heterocycles. The Morgan fingerprint density at radius 1 is 1.14 bits per heavy atom. The van der Waals surface area contributed by atoms with Gasteiger partial charge in [-0.25, -0.2) is 4.98 Å². The van der Waals surface area contributed by atoms with E-state index in [9.17, 15) is 4.79 Å². The molecule has 1 aliphatic carbocycles. The Labute approximate surface area is 132 Å². The highest BCUT2D eigenvalue weighted by Gasteiger charge is 2.22. The van der Waals surface area contributed by atoms with Crippen molar-refractivity contribution < 1.29 is 4.79 Å². The van der Waals surface area contributed by atoms with Gasteiger partial charge in [0.15, 0.2) is 0 Å². The first kappa shape index (κ1) is 15.3. The normalized spacial score (nSPS) is 20.3. The number of nitrogens with one attached hydrogen (secondary N) is 1. The summed E-state index contributed by atoms with van der Waals surface area (Å²) in [6.45, 7) is 2.84. The highest BCUT2D eigenvalue weighted by molar-refractivity contribution is 5.76. The molecular formula is C17H26N4O. The molecule has 3 rings (SSSR count). The van der Waals surface area contributed by atoms with Crippen LogP contribution in [0.1, 0.15) is 44.9 Å². The van der Waals surface area contributed by atoms with E-state index in [0.717, 1.165) is 44.7 Å². The minimum atomic E-state index is 0.253. The number of amides is 1. The molecule has 2 heterocycles. The molecule has 1 aliphatic heterocycles. The molecule has 120 valence electrons. The summed E-state index contributed by atoms with van der Waals surface area (Å²) in [4.78, 5) is 22.7. The van der Waals surface area contributed by atoms with Crippen LogP contribution in [0.2, 0.25) is 0 Å². The lowest BCUT2D eigenvalue weighted by Gasteiger charge is -2.32. The predicted octanol–water partition coefficient (Wildman–Crippen LogP) is 2.39. The summed E-state index contributed by atoms with van der Waals surface area (Å²) < 4.78 is 0. The SMILES string of the molecule is O=C(CC1CCCC1)NCC1CCN(c2cnccn2)CC1. The molecule has 2 fully saturated rings. The highest BCUT2D eigenvalue weighted by Crippen LogP contribution is 2.27. The average Bonchev–Trinajstić information content (AvgIpc) is 3.07. The van der Waals surface area contributed by atoms with Crippen LogP contribution in [-0.2, 0) is 4.79 Å². The van der Waals surface area contributed by atoms with Crippen molar-refractivity contribution in [2.45, 2.75) is 44.9 Å². The van der Waals surface area contributed by atoms with Crippen molar-refractivity contribution in [2.75, 3.05) is 24.5 Å². The Kier molecular flexibility index (Phi) is 5.24. The lowest BCUT2D eigenvalue weighted by atomic mass is 9.96. The van der Waals surface area contributed by atoms with Gasteiger partial charge in [-0.2, -0.15) is 0 Å². The van der Waals surface area contributed by atoms with Crippen LogP contribution in [0.15, 0.2) is 18.6 Å². The van der Waals surface area contributed by atoms with Crippen LogP contribution in [-0.4, -0.2) is 35.5 Å². The number of piperidine rings is 1. The topological polar surface area (TPSA) is 58.1 Å². The molecule has 1 N–H and O–H groups in total. The fourth-order valence-corrected chi connectivity index (χ4v) is 3.63. The molecule has 0 bridgehead atoms. The summed E-state index contributed by atoms with van der Waals surface area (Å²) in [5, 5.41) is 3.15. The maximum atomic E-state index is 12.0. The van der Waals surface area contributed by atoms with Gasteiger partial charge >= 0.3 is 0 Å². The molecule has 5 nitrogen and oxygen atoms in total. The standard InChI is InChI=1S/C17H26N4O/c22-17(11-14-3-1-2-4-14)20-12-15-5-9-21(10-6-15)16-13-18-7-8-19-16/h7-8,13-15H,1-6,9-12H2,(H,20,22). The summed E-state index contributed by atoms with van der Waals surface area (Å²) in [6.07, 6.45) is 13.3. The zero-order valence-electron chi connectivity index (χ0n) is 13.2. The van der Waals surface area contributed by atoms with E-state index < -0.39 is 0 Å². The first-order valence-electron chi connectivity index (χ1n) is 8.59. The second kappa shape index (κ2) is 7.56. The summed E-state index contributed by atoms with van der Waals surface area (Å²) in [6, 6.07) is 0. The first-order valence-corrected chi connectivity index (χ1v) is 8.59. The Hall–Kier alpha value is -1.65. The molecule has 22 heavy (non-hydrogen) atoms.